The van der Waals surface area contributed by atoms with Crippen molar-refractivity contribution in [2.45, 2.75) is 36.6 Å². The highest BCUT2D eigenvalue weighted by Gasteiger charge is 2.29. The number of pyridine rings is 1. The van der Waals surface area contributed by atoms with Gasteiger partial charge in [-0.3, -0.25) is 5.32 Å². The molecule has 0 bridgehead atoms. The first-order valence-corrected chi connectivity index (χ1v) is 13.4. The van der Waals surface area contributed by atoms with E-state index in [1.165, 1.54) is 22.5 Å². The monoisotopic (exact) mass is 500 g/mol. The average molecular weight is 501 g/mol. The van der Waals surface area contributed by atoms with Crippen LogP contribution in [-0.4, -0.2) is 38.7 Å². The number of nitrogens with one attached hydrogen (secondary N) is 2. The van der Waals surface area contributed by atoms with Crippen LogP contribution in [0.4, 0.5) is 10.6 Å². The summed E-state index contributed by atoms with van der Waals surface area (Å²) in [6.07, 6.45) is 0.360. The van der Waals surface area contributed by atoms with E-state index in [1.54, 1.807) is 42.5 Å². The van der Waals surface area contributed by atoms with Gasteiger partial charge in [0.15, 0.2) is 0 Å². The van der Waals surface area contributed by atoms with Crippen LogP contribution in [0.3, 0.4) is 0 Å². The van der Waals surface area contributed by atoms with Crippen molar-refractivity contribution in [3.8, 4) is 0 Å². The molecule has 0 spiro atoms. The third-order valence-corrected chi connectivity index (χ3v) is 8.68. The van der Waals surface area contributed by atoms with E-state index in [0.29, 0.717) is 12.1 Å². The predicted octanol–water partition coefficient (Wildman–Crippen LogP) is 2.96. The number of benzene rings is 2. The minimum atomic E-state index is -4.03. The molecule has 3 aromatic rings. The first-order chi connectivity index (χ1) is 16.0. The molecule has 178 valence electrons. The number of carbonyl (C=O) groups excluding carboxylic acids is 1. The van der Waals surface area contributed by atoms with E-state index in [1.807, 2.05) is 18.6 Å². The van der Waals surface area contributed by atoms with Gasteiger partial charge in [0.05, 0.1) is 9.79 Å². The van der Waals surface area contributed by atoms with Gasteiger partial charge in [-0.05, 0) is 49.7 Å². The lowest BCUT2D eigenvalue weighted by atomic mass is 10.1. The number of aryl methyl sites for hydroxylation is 2. The Hall–Kier alpha value is -3.28. The van der Waals surface area contributed by atoms with Crippen LogP contribution in [-0.2, 0) is 33.0 Å². The summed E-state index contributed by atoms with van der Waals surface area (Å²) in [7, 11) is -7.67. The Kier molecular flexibility index (Phi) is 6.43. The van der Waals surface area contributed by atoms with Crippen LogP contribution in [0, 0.1) is 13.8 Å². The van der Waals surface area contributed by atoms with Gasteiger partial charge < -0.3 is 0 Å². The second-order valence-electron chi connectivity index (χ2n) is 8.08. The summed E-state index contributed by atoms with van der Waals surface area (Å²) in [6, 6.07) is 15.1. The van der Waals surface area contributed by atoms with Crippen molar-refractivity contribution in [3.63, 3.8) is 0 Å². The molecule has 0 saturated carbocycles. The van der Waals surface area contributed by atoms with Gasteiger partial charge in [-0.1, -0.05) is 41.5 Å². The van der Waals surface area contributed by atoms with E-state index in [-0.39, 0.29) is 28.7 Å². The fourth-order valence-corrected chi connectivity index (χ4v) is 5.89. The molecular formula is C23H24N4O5S2. The van der Waals surface area contributed by atoms with Crippen LogP contribution in [0.2, 0.25) is 0 Å². The molecular weight excluding hydrogens is 476 g/mol. The third kappa shape index (κ3) is 5.11. The van der Waals surface area contributed by atoms with Gasteiger partial charge in [-0.25, -0.2) is 31.3 Å². The van der Waals surface area contributed by atoms with Crippen LogP contribution in [0.25, 0.3) is 0 Å². The lowest BCUT2D eigenvalue weighted by Gasteiger charge is -2.27. The number of anilines is 1. The van der Waals surface area contributed by atoms with E-state index >= 15 is 0 Å². The molecule has 1 aliphatic rings. The minimum Gasteiger partial charge on any atom is -0.292 e. The topological polar surface area (TPSA) is 126 Å². The molecule has 0 fully saturated rings. The SMILES string of the molecule is Cc1ccc(S(=O)(=O)NC(=O)Nc2ccc3c(n2)CCN(S(=O)(=O)c2ccc(C)cc2)C3)cc1. The number of fused-ring (bicyclic) bond motifs is 1. The van der Waals surface area contributed by atoms with Gasteiger partial charge in [0, 0.05) is 25.2 Å². The Morgan fingerprint density at radius 2 is 1.44 bits per heavy atom. The minimum absolute atomic E-state index is 0.0264. The molecule has 34 heavy (non-hydrogen) atoms. The molecule has 11 heteroatoms. The summed E-state index contributed by atoms with van der Waals surface area (Å²) in [5.74, 6) is 0.171. The normalized spacial score (nSPS) is 14.3. The molecule has 0 atom stereocenters. The van der Waals surface area contributed by atoms with Gasteiger partial charge in [0.25, 0.3) is 10.0 Å². The Labute approximate surface area is 198 Å². The fourth-order valence-electron chi connectivity index (χ4n) is 3.56. The molecule has 2 N–H and O–H groups in total. The summed E-state index contributed by atoms with van der Waals surface area (Å²) in [6.45, 7) is 4.12. The Bertz CT molecular complexity index is 1440. The molecule has 0 radical (unpaired) electrons. The van der Waals surface area contributed by atoms with Gasteiger partial charge in [-0.15, -0.1) is 0 Å². The molecule has 0 aliphatic carbocycles. The molecule has 1 aliphatic heterocycles. The van der Waals surface area contributed by atoms with Crippen molar-refractivity contribution in [2.24, 2.45) is 0 Å². The maximum absolute atomic E-state index is 13.0. The van der Waals surface area contributed by atoms with E-state index in [9.17, 15) is 21.6 Å². The molecule has 2 amide bonds. The molecule has 1 aromatic heterocycles. The number of sulfonamides is 2. The number of hydrogen-bond donors (Lipinski definition) is 2. The lowest BCUT2D eigenvalue weighted by molar-refractivity contribution is 0.256. The molecule has 2 aromatic carbocycles. The maximum Gasteiger partial charge on any atom is 0.334 e. The van der Waals surface area contributed by atoms with Gasteiger partial charge in [-0.2, -0.15) is 4.31 Å². The smallest absolute Gasteiger partial charge is 0.292 e. The van der Waals surface area contributed by atoms with Crippen molar-refractivity contribution < 1.29 is 21.6 Å². The Morgan fingerprint density at radius 3 is 2.06 bits per heavy atom. The van der Waals surface area contributed by atoms with Gasteiger partial charge in [0.1, 0.15) is 5.82 Å². The third-order valence-electron chi connectivity index (χ3n) is 5.47. The number of rotatable bonds is 5. The van der Waals surface area contributed by atoms with Crippen LogP contribution < -0.4 is 10.0 Å². The van der Waals surface area contributed by atoms with Crippen molar-refractivity contribution in [3.05, 3.63) is 83.0 Å². The fraction of sp³-hybridized carbons (Fsp3) is 0.217. The summed E-state index contributed by atoms with van der Waals surface area (Å²) in [5, 5.41) is 2.43. The second-order valence-corrected chi connectivity index (χ2v) is 11.7. The van der Waals surface area contributed by atoms with Crippen molar-refractivity contribution in [2.75, 3.05) is 11.9 Å². The van der Waals surface area contributed by atoms with Crippen LogP contribution in [0.5, 0.6) is 0 Å². The number of nitrogens with zero attached hydrogens (tertiary/aromatic N) is 2. The largest absolute Gasteiger partial charge is 0.334 e. The lowest BCUT2D eigenvalue weighted by Crippen LogP contribution is -2.37. The summed E-state index contributed by atoms with van der Waals surface area (Å²) in [4.78, 5) is 16.9. The van der Waals surface area contributed by atoms with Crippen molar-refractivity contribution in [1.29, 1.82) is 0 Å². The number of carbonyl (C=O) groups is 1. The first-order valence-electron chi connectivity index (χ1n) is 10.5. The standard InChI is InChI=1S/C23H24N4O5S2/c1-16-3-8-19(9-4-16)33(29,30)26-23(28)25-22-12-7-18-15-27(14-13-21(18)24-22)34(31,32)20-10-5-17(2)6-11-20/h3-12H,13-15H2,1-2H3,(H2,24,25,26,28). The summed E-state index contributed by atoms with van der Waals surface area (Å²) >= 11 is 0. The van der Waals surface area contributed by atoms with E-state index < -0.39 is 26.1 Å². The molecule has 9 nitrogen and oxygen atoms in total. The second kappa shape index (κ2) is 9.16. The number of urea groups is 1. The van der Waals surface area contributed by atoms with Gasteiger partial charge >= 0.3 is 6.03 Å². The predicted molar refractivity (Wildman–Crippen MR) is 127 cm³/mol. The number of amides is 2. The quantitative estimate of drug-likeness (QED) is 0.555. The highest BCUT2D eigenvalue weighted by Crippen LogP contribution is 2.25. The molecule has 0 unspecified atom stereocenters. The van der Waals surface area contributed by atoms with E-state index in [0.717, 1.165) is 16.7 Å². The van der Waals surface area contributed by atoms with Gasteiger partial charge in [0.2, 0.25) is 10.0 Å². The maximum atomic E-state index is 13.0. The van der Waals surface area contributed by atoms with Crippen LogP contribution >= 0.6 is 0 Å². The highest BCUT2D eigenvalue weighted by atomic mass is 32.2. The number of aromatic nitrogens is 1. The van der Waals surface area contributed by atoms with Crippen molar-refractivity contribution in [1.82, 2.24) is 14.0 Å². The zero-order valence-electron chi connectivity index (χ0n) is 18.6. The van der Waals surface area contributed by atoms with Crippen LogP contribution in [0.15, 0.2) is 70.5 Å². The van der Waals surface area contributed by atoms with Crippen molar-refractivity contribution >= 4 is 31.9 Å². The summed E-state index contributed by atoms with van der Waals surface area (Å²) < 4.78 is 54.1. The first kappa shape index (κ1) is 23.9. The Morgan fingerprint density at radius 1 is 0.853 bits per heavy atom. The summed E-state index contributed by atoms with van der Waals surface area (Å²) in [5.41, 5.74) is 3.24. The zero-order valence-corrected chi connectivity index (χ0v) is 20.3. The van der Waals surface area contributed by atoms with Crippen LogP contribution in [0.1, 0.15) is 22.4 Å². The molecule has 0 saturated heterocycles. The molecule has 4 rings (SSSR count). The van der Waals surface area contributed by atoms with E-state index in [2.05, 4.69) is 10.3 Å². The Balaban J connectivity index is 1.44. The highest BCUT2D eigenvalue weighted by molar-refractivity contribution is 7.90. The zero-order chi connectivity index (χ0) is 24.5. The number of hydrogen-bond acceptors (Lipinski definition) is 6. The molecule has 2 heterocycles. The average Bonchev–Trinajstić information content (AvgIpc) is 2.79. The van der Waals surface area contributed by atoms with E-state index in [4.69, 9.17) is 0 Å².